The monoisotopic (exact) mass is 318 g/mol. The van der Waals surface area contributed by atoms with Gasteiger partial charge in [-0.25, -0.2) is 0 Å². The van der Waals surface area contributed by atoms with Crippen molar-refractivity contribution < 1.29 is 9.21 Å². The molecule has 1 amide bonds. The third-order valence-corrected chi connectivity index (χ3v) is 5.09. The Balaban J connectivity index is 1.57. The lowest BCUT2D eigenvalue weighted by Gasteiger charge is -2.25. The van der Waals surface area contributed by atoms with Crippen molar-refractivity contribution in [3.05, 3.63) is 46.0 Å². The average Bonchev–Trinajstić information content (AvgIpc) is 3.19. The minimum absolute atomic E-state index is 0.00291. The van der Waals surface area contributed by atoms with Crippen LogP contribution in [0, 0.1) is 0 Å². The number of piperidine rings is 1. The van der Waals surface area contributed by atoms with Gasteiger partial charge < -0.3 is 9.73 Å². The van der Waals surface area contributed by atoms with E-state index in [2.05, 4.69) is 10.2 Å². The zero-order valence-electron chi connectivity index (χ0n) is 12.9. The SMILES string of the molecule is CC(NC(=O)c1ccc(CN2CCCCC2)o1)c1cccs1. The maximum atomic E-state index is 12.2. The third kappa shape index (κ3) is 3.78. The molecule has 0 bridgehead atoms. The van der Waals surface area contributed by atoms with Gasteiger partial charge in [0, 0.05) is 4.88 Å². The van der Waals surface area contributed by atoms with Gasteiger partial charge in [0.05, 0.1) is 12.6 Å². The molecule has 1 unspecified atom stereocenters. The van der Waals surface area contributed by atoms with Gasteiger partial charge in [-0.15, -0.1) is 11.3 Å². The zero-order valence-corrected chi connectivity index (χ0v) is 13.7. The third-order valence-electron chi connectivity index (χ3n) is 4.03. The Morgan fingerprint density at radius 1 is 1.32 bits per heavy atom. The number of amides is 1. The lowest BCUT2D eigenvalue weighted by molar-refractivity contribution is 0.0908. The predicted molar refractivity (Wildman–Crippen MR) is 88.0 cm³/mol. The van der Waals surface area contributed by atoms with Crippen LogP contribution in [0.3, 0.4) is 0 Å². The first-order valence-electron chi connectivity index (χ1n) is 7.88. The molecule has 0 radical (unpaired) electrons. The summed E-state index contributed by atoms with van der Waals surface area (Å²) in [4.78, 5) is 15.8. The Labute approximate surface area is 135 Å². The second-order valence-corrected chi connectivity index (χ2v) is 6.79. The van der Waals surface area contributed by atoms with E-state index in [-0.39, 0.29) is 11.9 Å². The van der Waals surface area contributed by atoms with Crippen molar-refractivity contribution in [2.75, 3.05) is 13.1 Å². The topological polar surface area (TPSA) is 45.5 Å². The molecule has 1 saturated heterocycles. The molecule has 22 heavy (non-hydrogen) atoms. The van der Waals surface area contributed by atoms with Crippen LogP contribution >= 0.6 is 11.3 Å². The van der Waals surface area contributed by atoms with Crippen molar-refractivity contribution in [2.45, 2.75) is 38.8 Å². The molecule has 0 saturated carbocycles. The molecule has 118 valence electrons. The lowest BCUT2D eigenvalue weighted by Crippen LogP contribution is -2.29. The van der Waals surface area contributed by atoms with Crippen molar-refractivity contribution in [1.82, 2.24) is 10.2 Å². The summed E-state index contributed by atoms with van der Waals surface area (Å²) in [6.07, 6.45) is 3.83. The molecular weight excluding hydrogens is 296 g/mol. The summed E-state index contributed by atoms with van der Waals surface area (Å²) in [5.41, 5.74) is 0. The molecule has 4 nitrogen and oxygen atoms in total. The fourth-order valence-corrected chi connectivity index (χ4v) is 3.53. The van der Waals surface area contributed by atoms with Crippen LogP contribution in [0.4, 0.5) is 0 Å². The van der Waals surface area contributed by atoms with E-state index < -0.39 is 0 Å². The largest absolute Gasteiger partial charge is 0.455 e. The summed E-state index contributed by atoms with van der Waals surface area (Å²) in [6.45, 7) is 5.03. The van der Waals surface area contributed by atoms with Crippen LogP contribution in [0.2, 0.25) is 0 Å². The lowest BCUT2D eigenvalue weighted by atomic mass is 10.1. The first-order valence-corrected chi connectivity index (χ1v) is 8.75. The number of thiophene rings is 1. The Morgan fingerprint density at radius 3 is 2.86 bits per heavy atom. The Kier molecular flexibility index (Phi) is 4.95. The van der Waals surface area contributed by atoms with Crippen molar-refractivity contribution >= 4 is 17.2 Å². The van der Waals surface area contributed by atoms with E-state index in [1.165, 1.54) is 19.3 Å². The number of nitrogens with one attached hydrogen (secondary N) is 1. The number of carbonyl (C=O) groups is 1. The number of rotatable bonds is 5. The molecule has 0 spiro atoms. The van der Waals surface area contributed by atoms with Crippen molar-refractivity contribution in [3.8, 4) is 0 Å². The summed E-state index contributed by atoms with van der Waals surface area (Å²) >= 11 is 1.64. The second-order valence-electron chi connectivity index (χ2n) is 5.81. The number of carbonyl (C=O) groups excluding carboxylic acids is 1. The minimum Gasteiger partial charge on any atom is -0.455 e. The highest BCUT2D eigenvalue weighted by atomic mass is 32.1. The van der Waals surface area contributed by atoms with Crippen LogP contribution in [-0.4, -0.2) is 23.9 Å². The number of nitrogens with zero attached hydrogens (tertiary/aromatic N) is 1. The van der Waals surface area contributed by atoms with E-state index in [0.717, 1.165) is 30.3 Å². The summed E-state index contributed by atoms with van der Waals surface area (Å²) in [6, 6.07) is 7.71. The normalized spacial score (nSPS) is 17.3. The smallest absolute Gasteiger partial charge is 0.287 e. The highest BCUT2D eigenvalue weighted by Gasteiger charge is 2.17. The van der Waals surface area contributed by atoms with Gasteiger partial charge in [0.1, 0.15) is 5.76 Å². The second kappa shape index (κ2) is 7.11. The van der Waals surface area contributed by atoms with E-state index in [1.807, 2.05) is 30.5 Å². The van der Waals surface area contributed by atoms with E-state index in [9.17, 15) is 4.79 Å². The zero-order chi connectivity index (χ0) is 15.4. The van der Waals surface area contributed by atoms with Crippen molar-refractivity contribution in [3.63, 3.8) is 0 Å². The van der Waals surface area contributed by atoms with Crippen LogP contribution in [0.5, 0.6) is 0 Å². The molecule has 3 heterocycles. The summed E-state index contributed by atoms with van der Waals surface area (Å²) in [7, 11) is 0. The predicted octanol–water partition coefficient (Wildman–Crippen LogP) is 3.82. The molecule has 1 N–H and O–H groups in total. The molecule has 3 rings (SSSR count). The quantitative estimate of drug-likeness (QED) is 0.911. The van der Waals surface area contributed by atoms with Gasteiger partial charge in [-0.1, -0.05) is 12.5 Å². The summed E-state index contributed by atoms with van der Waals surface area (Å²) in [5, 5.41) is 5.00. The molecule has 1 aliphatic rings. The highest BCUT2D eigenvalue weighted by molar-refractivity contribution is 7.10. The van der Waals surface area contributed by atoms with E-state index in [0.29, 0.717) is 5.76 Å². The molecule has 0 aromatic carbocycles. The van der Waals surface area contributed by atoms with E-state index >= 15 is 0 Å². The van der Waals surface area contributed by atoms with Gasteiger partial charge in [0.25, 0.3) is 5.91 Å². The number of furan rings is 1. The molecule has 1 fully saturated rings. The van der Waals surface area contributed by atoms with Crippen LogP contribution in [0.25, 0.3) is 0 Å². The van der Waals surface area contributed by atoms with Crippen LogP contribution < -0.4 is 5.32 Å². The molecule has 1 atom stereocenters. The molecule has 0 aliphatic carbocycles. The van der Waals surface area contributed by atoms with Crippen LogP contribution in [0.15, 0.2) is 34.1 Å². The number of likely N-dealkylation sites (tertiary alicyclic amines) is 1. The Hall–Kier alpha value is -1.59. The summed E-state index contributed by atoms with van der Waals surface area (Å²) in [5.74, 6) is 1.12. The molecule has 1 aliphatic heterocycles. The number of hydrogen-bond donors (Lipinski definition) is 1. The molecule has 2 aromatic rings. The first kappa shape index (κ1) is 15.3. The standard InChI is InChI=1S/C17H22N2O2S/c1-13(16-6-5-11-22-16)18-17(20)15-8-7-14(21-15)12-19-9-3-2-4-10-19/h5-8,11,13H,2-4,9-10,12H2,1H3,(H,18,20). The molecule has 5 heteroatoms. The first-order chi connectivity index (χ1) is 10.7. The van der Waals surface area contributed by atoms with Crippen LogP contribution in [0.1, 0.15) is 53.4 Å². The Morgan fingerprint density at radius 2 is 2.14 bits per heavy atom. The van der Waals surface area contributed by atoms with E-state index in [1.54, 1.807) is 17.4 Å². The average molecular weight is 318 g/mol. The van der Waals surface area contributed by atoms with Gasteiger partial charge >= 0.3 is 0 Å². The maximum absolute atomic E-state index is 12.2. The number of hydrogen-bond acceptors (Lipinski definition) is 4. The highest BCUT2D eigenvalue weighted by Crippen LogP contribution is 2.20. The fourth-order valence-electron chi connectivity index (χ4n) is 2.80. The van der Waals surface area contributed by atoms with Gasteiger partial charge in [0.2, 0.25) is 0 Å². The van der Waals surface area contributed by atoms with E-state index in [4.69, 9.17) is 4.42 Å². The maximum Gasteiger partial charge on any atom is 0.287 e. The Bertz CT molecular complexity index is 600. The van der Waals surface area contributed by atoms with Gasteiger partial charge in [-0.05, 0) is 56.4 Å². The molecular formula is C17H22N2O2S. The molecule has 2 aromatic heterocycles. The summed E-state index contributed by atoms with van der Waals surface area (Å²) < 4.78 is 5.72. The van der Waals surface area contributed by atoms with Crippen LogP contribution in [-0.2, 0) is 6.54 Å². The fraction of sp³-hybridized carbons (Fsp3) is 0.471. The van der Waals surface area contributed by atoms with Gasteiger partial charge in [-0.3, -0.25) is 9.69 Å². The van der Waals surface area contributed by atoms with Gasteiger partial charge in [0.15, 0.2) is 5.76 Å². The minimum atomic E-state index is -0.147. The van der Waals surface area contributed by atoms with Crippen molar-refractivity contribution in [2.24, 2.45) is 0 Å². The van der Waals surface area contributed by atoms with Crippen molar-refractivity contribution in [1.29, 1.82) is 0 Å². The van der Waals surface area contributed by atoms with Gasteiger partial charge in [-0.2, -0.15) is 0 Å².